The normalized spacial score (nSPS) is 10.5. The van der Waals surface area contributed by atoms with Crippen LogP contribution in [0.1, 0.15) is 19.4 Å². The molecule has 0 atom stereocenters. The van der Waals surface area contributed by atoms with Gasteiger partial charge in [0.05, 0.1) is 6.54 Å². The van der Waals surface area contributed by atoms with Gasteiger partial charge < -0.3 is 15.7 Å². The molecule has 0 aliphatic heterocycles. The molecule has 1 amide bonds. The van der Waals surface area contributed by atoms with Crippen LogP contribution in [0.3, 0.4) is 0 Å². The maximum atomic E-state index is 11.4. The summed E-state index contributed by atoms with van der Waals surface area (Å²) in [6, 6.07) is 6.93. The number of carbonyl (C=O) groups is 1. The third-order valence-electron chi connectivity index (χ3n) is 2.26. The minimum Gasteiger partial charge on any atom is -0.508 e. The van der Waals surface area contributed by atoms with Crippen molar-refractivity contribution >= 4 is 5.91 Å². The van der Waals surface area contributed by atoms with Crippen LogP contribution in [-0.2, 0) is 11.3 Å². The van der Waals surface area contributed by atoms with E-state index in [0.717, 1.165) is 5.56 Å². The zero-order valence-electron chi connectivity index (χ0n) is 10.4. The Morgan fingerprint density at radius 3 is 2.53 bits per heavy atom. The third kappa shape index (κ3) is 5.92. The summed E-state index contributed by atoms with van der Waals surface area (Å²) >= 11 is 0. The van der Waals surface area contributed by atoms with Crippen LogP contribution in [0.2, 0.25) is 0 Å². The second-order valence-corrected chi connectivity index (χ2v) is 4.47. The molecule has 4 nitrogen and oxygen atoms in total. The fourth-order valence-corrected chi connectivity index (χ4v) is 1.31. The van der Waals surface area contributed by atoms with Gasteiger partial charge in [-0.05, 0) is 23.6 Å². The van der Waals surface area contributed by atoms with E-state index >= 15 is 0 Å². The molecule has 0 aliphatic carbocycles. The average molecular weight is 236 g/mol. The highest BCUT2D eigenvalue weighted by Gasteiger charge is 2.01. The van der Waals surface area contributed by atoms with Crippen LogP contribution in [0.15, 0.2) is 24.3 Å². The van der Waals surface area contributed by atoms with E-state index in [-0.39, 0.29) is 11.7 Å². The van der Waals surface area contributed by atoms with Crippen LogP contribution in [0.4, 0.5) is 0 Å². The van der Waals surface area contributed by atoms with Crippen molar-refractivity contribution in [3.8, 4) is 5.75 Å². The summed E-state index contributed by atoms with van der Waals surface area (Å²) in [4.78, 5) is 11.4. The summed E-state index contributed by atoms with van der Waals surface area (Å²) in [5.74, 6) is 0.733. The molecular weight excluding hydrogens is 216 g/mol. The van der Waals surface area contributed by atoms with E-state index in [4.69, 9.17) is 5.11 Å². The summed E-state index contributed by atoms with van der Waals surface area (Å²) in [5.41, 5.74) is 1.04. The lowest BCUT2D eigenvalue weighted by Gasteiger charge is -2.08. The van der Waals surface area contributed by atoms with Crippen LogP contribution < -0.4 is 10.6 Å². The standard InChI is InChI=1S/C13H20N2O2/c1-10(2)7-15-13(17)9-14-8-11-3-5-12(16)6-4-11/h3-6,10,14,16H,7-9H2,1-2H3,(H,15,17). The number of rotatable bonds is 6. The number of benzene rings is 1. The van der Waals surface area contributed by atoms with Crippen LogP contribution >= 0.6 is 0 Å². The van der Waals surface area contributed by atoms with Crippen molar-refractivity contribution in [2.75, 3.05) is 13.1 Å². The Hall–Kier alpha value is -1.55. The monoisotopic (exact) mass is 236 g/mol. The zero-order valence-corrected chi connectivity index (χ0v) is 10.4. The van der Waals surface area contributed by atoms with Gasteiger partial charge in [0.25, 0.3) is 0 Å². The first-order chi connectivity index (χ1) is 8.08. The number of carbonyl (C=O) groups excluding carboxylic acids is 1. The van der Waals surface area contributed by atoms with Crippen molar-refractivity contribution in [3.05, 3.63) is 29.8 Å². The molecule has 0 unspecified atom stereocenters. The van der Waals surface area contributed by atoms with Gasteiger partial charge in [-0.3, -0.25) is 4.79 Å². The van der Waals surface area contributed by atoms with Crippen LogP contribution in [0.5, 0.6) is 5.75 Å². The smallest absolute Gasteiger partial charge is 0.233 e. The fourth-order valence-electron chi connectivity index (χ4n) is 1.31. The minimum absolute atomic E-state index is 0.0116. The maximum absolute atomic E-state index is 11.4. The van der Waals surface area contributed by atoms with Crippen molar-refractivity contribution in [2.45, 2.75) is 20.4 Å². The van der Waals surface area contributed by atoms with Gasteiger partial charge in [-0.25, -0.2) is 0 Å². The van der Waals surface area contributed by atoms with E-state index < -0.39 is 0 Å². The maximum Gasteiger partial charge on any atom is 0.233 e. The van der Waals surface area contributed by atoms with Gasteiger partial charge in [-0.1, -0.05) is 26.0 Å². The third-order valence-corrected chi connectivity index (χ3v) is 2.26. The molecule has 0 saturated carbocycles. The van der Waals surface area contributed by atoms with Gasteiger partial charge in [-0.15, -0.1) is 0 Å². The summed E-state index contributed by atoms with van der Waals surface area (Å²) < 4.78 is 0. The molecule has 3 N–H and O–H groups in total. The summed E-state index contributed by atoms with van der Waals surface area (Å²) in [6.07, 6.45) is 0. The lowest BCUT2D eigenvalue weighted by molar-refractivity contribution is -0.120. The molecule has 1 aromatic carbocycles. The van der Waals surface area contributed by atoms with E-state index in [1.807, 2.05) is 12.1 Å². The molecule has 0 spiro atoms. The van der Waals surface area contributed by atoms with Gasteiger partial charge in [0.1, 0.15) is 5.75 Å². The Morgan fingerprint density at radius 2 is 1.94 bits per heavy atom. The lowest BCUT2D eigenvalue weighted by atomic mass is 10.2. The molecule has 94 valence electrons. The molecule has 0 bridgehead atoms. The predicted molar refractivity (Wildman–Crippen MR) is 67.7 cm³/mol. The van der Waals surface area contributed by atoms with Gasteiger partial charge in [0.15, 0.2) is 0 Å². The number of phenols is 1. The van der Waals surface area contributed by atoms with E-state index in [2.05, 4.69) is 24.5 Å². The fraction of sp³-hybridized carbons (Fsp3) is 0.462. The second-order valence-electron chi connectivity index (χ2n) is 4.47. The molecule has 0 aromatic heterocycles. The zero-order chi connectivity index (χ0) is 12.7. The summed E-state index contributed by atoms with van der Waals surface area (Å²) in [6.45, 7) is 5.76. The largest absolute Gasteiger partial charge is 0.508 e. The predicted octanol–water partition coefficient (Wildman–Crippen LogP) is 1.25. The quantitative estimate of drug-likeness (QED) is 0.696. The van der Waals surface area contributed by atoms with Gasteiger partial charge in [-0.2, -0.15) is 0 Å². The average Bonchev–Trinajstić information content (AvgIpc) is 2.29. The number of aromatic hydroxyl groups is 1. The minimum atomic E-state index is 0.0116. The lowest BCUT2D eigenvalue weighted by Crippen LogP contribution is -2.35. The number of hydrogen-bond acceptors (Lipinski definition) is 3. The van der Waals surface area contributed by atoms with Crippen molar-refractivity contribution in [1.82, 2.24) is 10.6 Å². The summed E-state index contributed by atoms with van der Waals surface area (Å²) in [7, 11) is 0. The highest BCUT2D eigenvalue weighted by molar-refractivity contribution is 5.77. The Labute approximate surface area is 102 Å². The molecule has 17 heavy (non-hydrogen) atoms. The summed E-state index contributed by atoms with van der Waals surface area (Å²) in [5, 5.41) is 15.0. The molecule has 1 rings (SSSR count). The molecule has 0 heterocycles. The van der Waals surface area contributed by atoms with Gasteiger partial charge in [0, 0.05) is 13.1 Å². The SMILES string of the molecule is CC(C)CNC(=O)CNCc1ccc(O)cc1. The van der Waals surface area contributed by atoms with E-state index in [0.29, 0.717) is 25.6 Å². The number of nitrogens with one attached hydrogen (secondary N) is 2. The van der Waals surface area contributed by atoms with Crippen molar-refractivity contribution in [2.24, 2.45) is 5.92 Å². The Balaban J connectivity index is 2.19. The van der Waals surface area contributed by atoms with Crippen molar-refractivity contribution < 1.29 is 9.90 Å². The molecule has 1 aromatic rings. The van der Waals surface area contributed by atoms with Gasteiger partial charge in [0.2, 0.25) is 5.91 Å². The number of amides is 1. The first kappa shape index (κ1) is 13.5. The van der Waals surface area contributed by atoms with E-state index in [1.165, 1.54) is 0 Å². The van der Waals surface area contributed by atoms with Gasteiger partial charge >= 0.3 is 0 Å². The van der Waals surface area contributed by atoms with Crippen molar-refractivity contribution in [1.29, 1.82) is 0 Å². The second kappa shape index (κ2) is 6.91. The molecule has 0 aliphatic rings. The Morgan fingerprint density at radius 1 is 1.29 bits per heavy atom. The number of phenolic OH excluding ortho intramolecular Hbond substituents is 1. The first-order valence-electron chi connectivity index (χ1n) is 5.83. The van der Waals surface area contributed by atoms with Crippen LogP contribution in [-0.4, -0.2) is 24.1 Å². The van der Waals surface area contributed by atoms with Crippen molar-refractivity contribution in [3.63, 3.8) is 0 Å². The molecule has 4 heteroatoms. The molecule has 0 radical (unpaired) electrons. The highest BCUT2D eigenvalue weighted by atomic mass is 16.3. The molecule has 0 fully saturated rings. The molecular formula is C13H20N2O2. The Kier molecular flexibility index (Phi) is 5.49. The number of hydrogen-bond donors (Lipinski definition) is 3. The highest BCUT2D eigenvalue weighted by Crippen LogP contribution is 2.08. The van der Waals surface area contributed by atoms with E-state index in [9.17, 15) is 4.79 Å². The van der Waals surface area contributed by atoms with Crippen LogP contribution in [0, 0.1) is 5.92 Å². The topological polar surface area (TPSA) is 61.4 Å². The van der Waals surface area contributed by atoms with E-state index in [1.54, 1.807) is 12.1 Å². The van der Waals surface area contributed by atoms with Crippen LogP contribution in [0.25, 0.3) is 0 Å². The molecule has 0 saturated heterocycles. The Bertz CT molecular complexity index is 347. The first-order valence-corrected chi connectivity index (χ1v) is 5.83.